The van der Waals surface area contributed by atoms with Gasteiger partial charge >= 0.3 is 12.1 Å². The van der Waals surface area contributed by atoms with Crippen molar-refractivity contribution in [3.05, 3.63) is 34.3 Å². The molecule has 26 heavy (non-hydrogen) atoms. The molecule has 1 aliphatic rings. The van der Waals surface area contributed by atoms with Gasteiger partial charge in [0.05, 0.1) is 0 Å². The SMILES string of the molecule is CC(C)(C)OC(=O)N1CCCC1C(=O)NC(=O)NCc1ccc(Br)cc1. The molecule has 2 N–H and O–H groups in total. The Morgan fingerprint density at radius 1 is 1.23 bits per heavy atom. The quantitative estimate of drug-likeness (QED) is 0.778. The highest BCUT2D eigenvalue weighted by molar-refractivity contribution is 9.10. The van der Waals surface area contributed by atoms with Gasteiger partial charge in [-0.2, -0.15) is 0 Å². The number of benzene rings is 1. The summed E-state index contributed by atoms with van der Waals surface area (Å²) in [5.41, 5.74) is 0.273. The molecule has 2 rings (SSSR count). The number of ether oxygens (including phenoxy) is 1. The van der Waals surface area contributed by atoms with Gasteiger partial charge in [0.15, 0.2) is 0 Å². The lowest BCUT2D eigenvalue weighted by Gasteiger charge is -2.27. The molecule has 1 fully saturated rings. The topological polar surface area (TPSA) is 87.7 Å². The van der Waals surface area contributed by atoms with E-state index < -0.39 is 29.7 Å². The Hall–Kier alpha value is -2.09. The molecule has 1 heterocycles. The normalized spacial score (nSPS) is 16.9. The Labute approximate surface area is 161 Å². The first-order valence-corrected chi connectivity index (χ1v) is 9.28. The molecule has 8 heteroatoms. The number of likely N-dealkylation sites (tertiary alicyclic amines) is 1. The van der Waals surface area contributed by atoms with Gasteiger partial charge in [-0.15, -0.1) is 0 Å². The van der Waals surface area contributed by atoms with E-state index in [9.17, 15) is 14.4 Å². The predicted octanol–water partition coefficient (Wildman–Crippen LogP) is 3.17. The van der Waals surface area contributed by atoms with Crippen molar-refractivity contribution in [1.82, 2.24) is 15.5 Å². The zero-order chi connectivity index (χ0) is 19.3. The van der Waals surface area contributed by atoms with Gasteiger partial charge in [0.25, 0.3) is 5.91 Å². The van der Waals surface area contributed by atoms with Gasteiger partial charge in [-0.05, 0) is 51.3 Å². The number of hydrogen-bond acceptors (Lipinski definition) is 4. The van der Waals surface area contributed by atoms with Crippen LogP contribution < -0.4 is 10.6 Å². The van der Waals surface area contributed by atoms with E-state index in [0.717, 1.165) is 10.0 Å². The predicted molar refractivity (Wildman–Crippen MR) is 100 cm³/mol. The lowest BCUT2D eigenvalue weighted by molar-refractivity contribution is -0.124. The van der Waals surface area contributed by atoms with Crippen LogP contribution in [0.15, 0.2) is 28.7 Å². The number of halogens is 1. The van der Waals surface area contributed by atoms with Crippen LogP contribution in [0.1, 0.15) is 39.2 Å². The highest BCUT2D eigenvalue weighted by atomic mass is 79.9. The molecule has 4 amide bonds. The van der Waals surface area contributed by atoms with Gasteiger partial charge in [-0.3, -0.25) is 15.0 Å². The second-order valence-corrected chi connectivity index (χ2v) is 8.05. The molecule has 1 aromatic carbocycles. The van der Waals surface area contributed by atoms with E-state index >= 15 is 0 Å². The maximum Gasteiger partial charge on any atom is 0.410 e. The summed E-state index contributed by atoms with van der Waals surface area (Å²) >= 11 is 3.34. The second-order valence-electron chi connectivity index (χ2n) is 7.13. The van der Waals surface area contributed by atoms with Gasteiger partial charge in [0.1, 0.15) is 11.6 Å². The second kappa shape index (κ2) is 8.53. The number of nitrogens with one attached hydrogen (secondary N) is 2. The zero-order valence-electron chi connectivity index (χ0n) is 15.2. The fourth-order valence-electron chi connectivity index (χ4n) is 2.60. The number of amides is 4. The first kappa shape index (κ1) is 20.2. The van der Waals surface area contributed by atoms with Crippen molar-refractivity contribution >= 4 is 34.0 Å². The third kappa shape index (κ3) is 6.01. The summed E-state index contributed by atoms with van der Waals surface area (Å²) in [5.74, 6) is -0.498. The highest BCUT2D eigenvalue weighted by Gasteiger charge is 2.37. The largest absolute Gasteiger partial charge is 0.444 e. The van der Waals surface area contributed by atoms with Crippen LogP contribution in [0.2, 0.25) is 0 Å². The minimum atomic E-state index is -0.691. The number of nitrogens with zero attached hydrogens (tertiary/aromatic N) is 1. The molecular formula is C18H24BrN3O4. The Balaban J connectivity index is 1.86. The lowest BCUT2D eigenvalue weighted by Crippen LogP contribution is -2.50. The van der Waals surface area contributed by atoms with Crippen LogP contribution >= 0.6 is 15.9 Å². The number of rotatable bonds is 3. The molecule has 0 saturated carbocycles. The molecular weight excluding hydrogens is 402 g/mol. The Morgan fingerprint density at radius 3 is 2.50 bits per heavy atom. The van der Waals surface area contributed by atoms with E-state index in [4.69, 9.17) is 4.74 Å². The number of carbonyl (C=O) groups is 3. The fourth-order valence-corrected chi connectivity index (χ4v) is 2.87. The summed E-state index contributed by atoms with van der Waals surface area (Å²) < 4.78 is 6.27. The molecule has 0 aromatic heterocycles. The van der Waals surface area contributed by atoms with Crippen LogP contribution in [0.3, 0.4) is 0 Å². The minimum absolute atomic E-state index is 0.298. The van der Waals surface area contributed by atoms with E-state index in [1.807, 2.05) is 24.3 Å². The van der Waals surface area contributed by atoms with Crippen LogP contribution in [0, 0.1) is 0 Å². The number of urea groups is 1. The van der Waals surface area contributed by atoms with E-state index in [1.54, 1.807) is 20.8 Å². The summed E-state index contributed by atoms with van der Waals surface area (Å²) in [7, 11) is 0. The standard InChI is InChI=1S/C18H24BrN3O4/c1-18(2,3)26-17(25)22-10-4-5-14(22)15(23)21-16(24)20-11-12-6-8-13(19)9-7-12/h6-9,14H,4-5,10-11H2,1-3H3,(H2,20,21,23,24). The average molecular weight is 426 g/mol. The molecule has 0 bridgehead atoms. The third-order valence-corrected chi connectivity index (χ3v) is 4.32. The monoisotopic (exact) mass is 425 g/mol. The highest BCUT2D eigenvalue weighted by Crippen LogP contribution is 2.21. The molecule has 0 radical (unpaired) electrons. The van der Waals surface area contributed by atoms with Crippen molar-refractivity contribution in [3.63, 3.8) is 0 Å². The number of carbonyl (C=O) groups excluding carboxylic acids is 3. The lowest BCUT2D eigenvalue weighted by atomic mass is 10.2. The van der Waals surface area contributed by atoms with Crippen LogP contribution in [-0.4, -0.2) is 41.1 Å². The van der Waals surface area contributed by atoms with Crippen molar-refractivity contribution in [2.24, 2.45) is 0 Å². The van der Waals surface area contributed by atoms with Crippen molar-refractivity contribution in [2.45, 2.75) is 51.8 Å². The number of imide groups is 1. The first-order chi connectivity index (χ1) is 12.2. The van der Waals surface area contributed by atoms with Gasteiger partial charge < -0.3 is 10.1 Å². The van der Waals surface area contributed by atoms with Crippen LogP contribution in [0.4, 0.5) is 9.59 Å². The van der Waals surface area contributed by atoms with Gasteiger partial charge in [0.2, 0.25) is 0 Å². The molecule has 1 aliphatic heterocycles. The van der Waals surface area contributed by atoms with E-state index in [0.29, 0.717) is 25.9 Å². The first-order valence-electron chi connectivity index (χ1n) is 8.48. The summed E-state index contributed by atoms with van der Waals surface area (Å²) in [5, 5.41) is 4.94. The van der Waals surface area contributed by atoms with E-state index in [2.05, 4.69) is 26.6 Å². The van der Waals surface area contributed by atoms with Gasteiger partial charge in [-0.1, -0.05) is 28.1 Å². The maximum atomic E-state index is 12.4. The van der Waals surface area contributed by atoms with Crippen LogP contribution in [-0.2, 0) is 16.1 Å². The van der Waals surface area contributed by atoms with Crippen LogP contribution in [0.25, 0.3) is 0 Å². The number of hydrogen-bond donors (Lipinski definition) is 2. The molecule has 142 valence electrons. The van der Waals surface area contributed by atoms with Crippen molar-refractivity contribution in [3.8, 4) is 0 Å². The third-order valence-electron chi connectivity index (χ3n) is 3.79. The smallest absolute Gasteiger partial charge is 0.410 e. The average Bonchev–Trinajstić information content (AvgIpc) is 3.02. The van der Waals surface area contributed by atoms with Crippen molar-refractivity contribution < 1.29 is 19.1 Å². The summed E-state index contributed by atoms with van der Waals surface area (Å²) in [6.45, 7) is 6.04. The maximum absolute atomic E-state index is 12.4. The summed E-state index contributed by atoms with van der Waals surface area (Å²) in [6.07, 6.45) is 0.661. The minimum Gasteiger partial charge on any atom is -0.444 e. The molecule has 1 unspecified atom stereocenters. The molecule has 1 aromatic rings. The van der Waals surface area contributed by atoms with E-state index in [1.165, 1.54) is 4.90 Å². The Bertz CT molecular complexity index is 670. The summed E-state index contributed by atoms with van der Waals surface area (Å²) in [4.78, 5) is 37.9. The van der Waals surface area contributed by atoms with Gasteiger partial charge in [-0.25, -0.2) is 9.59 Å². The molecule has 1 saturated heterocycles. The Morgan fingerprint density at radius 2 is 1.88 bits per heavy atom. The molecule has 1 atom stereocenters. The zero-order valence-corrected chi connectivity index (χ0v) is 16.8. The molecule has 0 spiro atoms. The van der Waals surface area contributed by atoms with Gasteiger partial charge in [0, 0.05) is 17.6 Å². The fraction of sp³-hybridized carbons (Fsp3) is 0.500. The molecule has 0 aliphatic carbocycles. The van der Waals surface area contributed by atoms with Crippen molar-refractivity contribution in [1.29, 1.82) is 0 Å². The summed E-state index contributed by atoms with van der Waals surface area (Å²) in [6, 6.07) is 6.20. The molecule has 7 nitrogen and oxygen atoms in total. The van der Waals surface area contributed by atoms with Crippen LogP contribution in [0.5, 0.6) is 0 Å². The van der Waals surface area contributed by atoms with Crippen molar-refractivity contribution in [2.75, 3.05) is 6.54 Å². The Kier molecular flexibility index (Phi) is 6.63. The van der Waals surface area contributed by atoms with E-state index in [-0.39, 0.29) is 0 Å².